The lowest BCUT2D eigenvalue weighted by Crippen LogP contribution is -2.35. The normalized spacial score (nSPS) is 18.5. The van der Waals surface area contributed by atoms with Gasteiger partial charge < -0.3 is 9.64 Å². The number of benzene rings is 1. The predicted octanol–water partition coefficient (Wildman–Crippen LogP) is 3.88. The molecular weight excluding hydrogens is 449 g/mol. The summed E-state index contributed by atoms with van der Waals surface area (Å²) >= 11 is 6.28. The number of halogens is 2. The summed E-state index contributed by atoms with van der Waals surface area (Å²) in [5, 5.41) is 9.63. The Kier molecular flexibility index (Phi) is 5.61. The van der Waals surface area contributed by atoms with Crippen LogP contribution in [-0.4, -0.2) is 55.9 Å². The van der Waals surface area contributed by atoms with Gasteiger partial charge in [0, 0.05) is 24.0 Å². The highest BCUT2D eigenvalue weighted by Gasteiger charge is 2.35. The third kappa shape index (κ3) is 3.78. The molecule has 1 aromatic carbocycles. The molecule has 4 heterocycles. The number of carbonyl (C=O) groups excluding carboxylic acids is 1. The molecule has 1 atom stereocenters. The molecule has 2 aliphatic heterocycles. The molecule has 1 unspecified atom stereocenters. The number of rotatable bonds is 2. The molecule has 3 aromatic rings. The Morgan fingerprint density at radius 3 is 2.70 bits per heavy atom. The Hall–Kier alpha value is -3.27. The van der Waals surface area contributed by atoms with Crippen LogP contribution in [0.3, 0.4) is 0 Å². The molecule has 0 N–H and O–H groups in total. The number of hydrogen-bond acceptors (Lipinski definition) is 7. The van der Waals surface area contributed by atoms with E-state index < -0.39 is 11.9 Å². The van der Waals surface area contributed by atoms with Crippen molar-refractivity contribution in [1.82, 2.24) is 29.6 Å². The average molecular weight is 472 g/mol. The van der Waals surface area contributed by atoms with E-state index in [4.69, 9.17) is 16.3 Å². The van der Waals surface area contributed by atoms with Crippen LogP contribution in [0.4, 0.5) is 15.0 Å². The maximum absolute atomic E-state index is 14.1. The van der Waals surface area contributed by atoms with Crippen molar-refractivity contribution < 1.29 is 13.9 Å². The number of amides is 1. The minimum atomic E-state index is -0.438. The second-order valence-corrected chi connectivity index (χ2v) is 8.69. The number of ether oxygens (including phenoxy) is 1. The molecule has 0 spiro atoms. The molecule has 33 heavy (non-hydrogen) atoms. The van der Waals surface area contributed by atoms with Crippen molar-refractivity contribution in [2.24, 2.45) is 0 Å². The van der Waals surface area contributed by atoms with E-state index in [1.807, 2.05) is 34.6 Å². The zero-order valence-corrected chi connectivity index (χ0v) is 19.0. The van der Waals surface area contributed by atoms with Crippen molar-refractivity contribution in [3.63, 3.8) is 0 Å². The number of methoxy groups -OCH3 is 1. The van der Waals surface area contributed by atoms with Crippen LogP contribution in [0.1, 0.15) is 48.9 Å². The molecule has 2 aliphatic rings. The van der Waals surface area contributed by atoms with Gasteiger partial charge in [-0.2, -0.15) is 0 Å². The fourth-order valence-corrected chi connectivity index (χ4v) is 4.87. The third-order valence-corrected chi connectivity index (χ3v) is 6.63. The van der Waals surface area contributed by atoms with Gasteiger partial charge in [-0.25, -0.2) is 19.2 Å². The lowest BCUT2D eigenvalue weighted by Gasteiger charge is -2.32. The number of hydrogen-bond donors (Lipinski definition) is 0. The summed E-state index contributed by atoms with van der Waals surface area (Å²) in [6.07, 6.45) is 3.63. The van der Waals surface area contributed by atoms with E-state index >= 15 is 0 Å². The lowest BCUT2D eigenvalue weighted by molar-refractivity contribution is 0.103. The summed E-state index contributed by atoms with van der Waals surface area (Å²) in [5.41, 5.74) is 1.79. The van der Waals surface area contributed by atoms with Crippen LogP contribution in [0.5, 0.6) is 0 Å². The van der Waals surface area contributed by atoms with Crippen molar-refractivity contribution in [1.29, 1.82) is 0 Å². The van der Waals surface area contributed by atoms with Crippen LogP contribution < -0.4 is 4.90 Å². The molecule has 2 aromatic heterocycles. The molecule has 1 fully saturated rings. The first-order chi connectivity index (χ1) is 16.0. The van der Waals surface area contributed by atoms with E-state index in [-0.39, 0.29) is 12.0 Å². The van der Waals surface area contributed by atoms with E-state index in [1.165, 1.54) is 19.6 Å². The minimum absolute atomic E-state index is 0.118. The molecule has 0 saturated carbocycles. The standard InChI is InChI=1S/C22H23ClFN7O2/c1-13-19-27-28-20(14-5-7-29(8-6-14)21-17(24)10-25-12-26-21)31(19)18-4-3-16(23)9-15(18)11-30(13)22(32)33-2/h3-4,9-10,12-14H,5-8,11H2,1-2H3. The van der Waals surface area contributed by atoms with E-state index in [0.29, 0.717) is 36.3 Å². The highest BCUT2D eigenvalue weighted by Crippen LogP contribution is 2.37. The summed E-state index contributed by atoms with van der Waals surface area (Å²) in [6, 6.07) is 5.28. The third-order valence-electron chi connectivity index (χ3n) is 6.39. The summed E-state index contributed by atoms with van der Waals surface area (Å²) in [6.45, 7) is 3.53. The van der Waals surface area contributed by atoms with Crippen molar-refractivity contribution >= 4 is 23.5 Å². The topological polar surface area (TPSA) is 89.3 Å². The Balaban J connectivity index is 1.50. The first-order valence-electron chi connectivity index (χ1n) is 10.8. The monoisotopic (exact) mass is 471 g/mol. The molecule has 1 saturated heterocycles. The number of piperidine rings is 1. The van der Waals surface area contributed by atoms with Gasteiger partial charge in [0.25, 0.3) is 0 Å². The van der Waals surface area contributed by atoms with Gasteiger partial charge in [0.1, 0.15) is 12.2 Å². The fourth-order valence-electron chi connectivity index (χ4n) is 4.68. The van der Waals surface area contributed by atoms with Gasteiger partial charge in [-0.1, -0.05) is 11.6 Å². The van der Waals surface area contributed by atoms with E-state index in [9.17, 15) is 9.18 Å². The molecule has 11 heteroatoms. The first kappa shape index (κ1) is 21.6. The zero-order valence-electron chi connectivity index (χ0n) is 18.3. The van der Waals surface area contributed by atoms with Crippen LogP contribution in [0.2, 0.25) is 5.02 Å². The average Bonchev–Trinajstić information content (AvgIpc) is 3.22. The molecular formula is C22H23ClFN7O2. The molecule has 0 bridgehead atoms. The van der Waals surface area contributed by atoms with E-state index in [0.717, 1.165) is 29.9 Å². The van der Waals surface area contributed by atoms with Gasteiger partial charge in [-0.15, -0.1) is 10.2 Å². The predicted molar refractivity (Wildman–Crippen MR) is 119 cm³/mol. The van der Waals surface area contributed by atoms with Crippen LogP contribution in [0.25, 0.3) is 5.69 Å². The van der Waals surface area contributed by atoms with Gasteiger partial charge in [-0.05, 0) is 43.5 Å². The van der Waals surface area contributed by atoms with Crippen molar-refractivity contribution in [3.8, 4) is 5.69 Å². The Morgan fingerprint density at radius 1 is 1.21 bits per heavy atom. The number of nitrogens with zero attached hydrogens (tertiary/aromatic N) is 7. The summed E-state index contributed by atoms with van der Waals surface area (Å²) in [5.74, 6) is 1.52. The Bertz CT molecular complexity index is 1200. The Morgan fingerprint density at radius 2 is 1.97 bits per heavy atom. The SMILES string of the molecule is COC(=O)N1Cc2cc(Cl)ccc2-n2c(C3CCN(c4ncncc4F)CC3)nnc2C1C. The lowest BCUT2D eigenvalue weighted by atomic mass is 9.95. The van der Waals surface area contributed by atoms with Crippen LogP contribution >= 0.6 is 11.6 Å². The highest BCUT2D eigenvalue weighted by atomic mass is 35.5. The fraction of sp³-hybridized carbons (Fsp3) is 0.409. The number of carbonyl (C=O) groups is 1. The Labute approximate surface area is 195 Å². The summed E-state index contributed by atoms with van der Waals surface area (Å²) in [7, 11) is 1.36. The minimum Gasteiger partial charge on any atom is -0.453 e. The summed E-state index contributed by atoms with van der Waals surface area (Å²) < 4.78 is 21.2. The first-order valence-corrected chi connectivity index (χ1v) is 11.1. The smallest absolute Gasteiger partial charge is 0.410 e. The molecule has 0 radical (unpaired) electrons. The van der Waals surface area contributed by atoms with Gasteiger partial charge in [-0.3, -0.25) is 9.47 Å². The van der Waals surface area contributed by atoms with Gasteiger partial charge in [0.05, 0.1) is 31.6 Å². The molecule has 9 nitrogen and oxygen atoms in total. The maximum Gasteiger partial charge on any atom is 0.410 e. The van der Waals surface area contributed by atoms with Gasteiger partial charge >= 0.3 is 6.09 Å². The largest absolute Gasteiger partial charge is 0.453 e. The van der Waals surface area contributed by atoms with Crippen molar-refractivity contribution in [2.75, 3.05) is 25.1 Å². The molecule has 0 aliphatic carbocycles. The zero-order chi connectivity index (χ0) is 23.1. The molecule has 172 valence electrons. The molecule has 5 rings (SSSR count). The van der Waals surface area contributed by atoms with E-state index in [2.05, 4.69) is 20.2 Å². The van der Waals surface area contributed by atoms with E-state index in [1.54, 1.807) is 4.90 Å². The maximum atomic E-state index is 14.1. The highest BCUT2D eigenvalue weighted by molar-refractivity contribution is 6.30. The second kappa shape index (κ2) is 8.58. The van der Waals surface area contributed by atoms with Crippen LogP contribution in [0.15, 0.2) is 30.7 Å². The van der Waals surface area contributed by atoms with Crippen molar-refractivity contribution in [2.45, 2.75) is 38.3 Å². The quantitative estimate of drug-likeness (QED) is 0.560. The number of fused-ring (bicyclic) bond motifs is 3. The van der Waals surface area contributed by atoms with Gasteiger partial charge in [0.2, 0.25) is 0 Å². The number of aromatic nitrogens is 5. The van der Waals surface area contributed by atoms with Crippen LogP contribution in [0, 0.1) is 5.82 Å². The van der Waals surface area contributed by atoms with Crippen LogP contribution in [-0.2, 0) is 11.3 Å². The van der Waals surface area contributed by atoms with Crippen molar-refractivity contribution in [3.05, 3.63) is 58.8 Å². The van der Waals surface area contributed by atoms with Gasteiger partial charge in [0.15, 0.2) is 17.5 Å². The number of anilines is 1. The summed E-state index contributed by atoms with van der Waals surface area (Å²) in [4.78, 5) is 23.9. The second-order valence-electron chi connectivity index (χ2n) is 8.25. The molecule has 1 amide bonds.